The molecule has 0 radical (unpaired) electrons. The van der Waals surface area contributed by atoms with Crippen LogP contribution < -0.4 is 14.8 Å². The average molecular weight is 594 g/mol. The van der Waals surface area contributed by atoms with E-state index in [9.17, 15) is 13.2 Å². The van der Waals surface area contributed by atoms with E-state index in [-0.39, 0.29) is 40.6 Å². The Labute approximate surface area is 249 Å². The number of nitrogens with zero attached hydrogens (tertiary/aromatic N) is 3. The number of nitrogens with one attached hydrogen (secondary N) is 2. The monoisotopic (exact) mass is 593 g/mol. The van der Waals surface area contributed by atoms with Crippen molar-refractivity contribution in [3.05, 3.63) is 59.7 Å². The lowest BCUT2D eigenvalue weighted by molar-refractivity contribution is -0.124. The molecule has 0 spiro atoms. The number of ether oxygens (including phenoxy) is 1. The Kier molecular flexibility index (Phi) is 9.32. The number of carbonyl (C=O) groups excluding carboxylic acids is 1. The third-order valence-corrected chi connectivity index (χ3v) is 9.97. The third kappa shape index (κ3) is 6.54. The van der Waals surface area contributed by atoms with Gasteiger partial charge in [0.25, 0.3) is 5.91 Å². The third-order valence-electron chi connectivity index (χ3n) is 8.48. The minimum atomic E-state index is -3.87. The van der Waals surface area contributed by atoms with Crippen LogP contribution in [0.5, 0.6) is 5.75 Å². The van der Waals surface area contributed by atoms with Gasteiger partial charge in [0.1, 0.15) is 11.6 Å². The molecule has 226 valence electrons. The van der Waals surface area contributed by atoms with Crippen LogP contribution in [0.2, 0.25) is 0 Å². The first-order valence-electron chi connectivity index (χ1n) is 15.3. The van der Waals surface area contributed by atoms with Gasteiger partial charge in [-0.15, -0.1) is 0 Å². The second-order valence-electron chi connectivity index (χ2n) is 11.9. The van der Waals surface area contributed by atoms with Crippen LogP contribution in [0.25, 0.3) is 0 Å². The maximum absolute atomic E-state index is 13.7. The Morgan fingerprint density at radius 2 is 1.86 bits per heavy atom. The number of carbonyl (C=O) groups is 1. The van der Waals surface area contributed by atoms with E-state index in [1.54, 1.807) is 23.2 Å². The van der Waals surface area contributed by atoms with Gasteiger partial charge in [-0.3, -0.25) is 9.79 Å². The minimum Gasteiger partial charge on any atom is -0.493 e. The van der Waals surface area contributed by atoms with Crippen molar-refractivity contribution in [1.29, 1.82) is 0 Å². The minimum absolute atomic E-state index is 0.105. The predicted molar refractivity (Wildman–Crippen MR) is 165 cm³/mol. The van der Waals surface area contributed by atoms with Crippen LogP contribution in [0.15, 0.2) is 63.5 Å². The van der Waals surface area contributed by atoms with Crippen LogP contribution in [0.1, 0.15) is 77.3 Å². The maximum Gasteiger partial charge on any atom is 0.252 e. The van der Waals surface area contributed by atoms with Gasteiger partial charge in [0.15, 0.2) is 11.9 Å². The van der Waals surface area contributed by atoms with Crippen LogP contribution in [0.4, 0.5) is 0 Å². The number of amidine groups is 2. The normalized spacial score (nSPS) is 21.6. The summed E-state index contributed by atoms with van der Waals surface area (Å²) in [5.41, 5.74) is 1.67. The number of sulfonamides is 1. The van der Waals surface area contributed by atoms with Crippen molar-refractivity contribution in [2.75, 3.05) is 6.61 Å². The van der Waals surface area contributed by atoms with Crippen LogP contribution in [0, 0.1) is 11.8 Å². The van der Waals surface area contributed by atoms with Crippen molar-refractivity contribution >= 4 is 27.6 Å². The van der Waals surface area contributed by atoms with Gasteiger partial charge in [-0.25, -0.2) is 18.1 Å². The highest BCUT2D eigenvalue weighted by molar-refractivity contribution is 7.89. The van der Waals surface area contributed by atoms with Crippen LogP contribution >= 0.6 is 0 Å². The van der Waals surface area contributed by atoms with Gasteiger partial charge in [0.05, 0.1) is 23.1 Å². The summed E-state index contributed by atoms with van der Waals surface area (Å²) in [5, 5.41) is 9.55. The molecular weight excluding hydrogens is 550 g/mol. The fraction of sp³-hybridized carbons (Fsp3) is 0.531. The molecule has 2 aromatic carbocycles. The molecule has 42 heavy (non-hydrogen) atoms. The van der Waals surface area contributed by atoms with Crippen molar-refractivity contribution in [1.82, 2.24) is 15.0 Å². The number of benzene rings is 2. The average Bonchev–Trinajstić information content (AvgIpc) is 3.61. The maximum atomic E-state index is 13.7. The summed E-state index contributed by atoms with van der Waals surface area (Å²) >= 11 is 0. The first kappa shape index (κ1) is 30.2. The van der Waals surface area contributed by atoms with E-state index in [2.05, 4.69) is 22.2 Å². The summed E-state index contributed by atoms with van der Waals surface area (Å²) in [7, 11) is -3.87. The van der Waals surface area contributed by atoms with E-state index >= 15 is 0 Å². The van der Waals surface area contributed by atoms with Crippen molar-refractivity contribution in [2.45, 2.75) is 95.7 Å². The number of rotatable bonds is 12. The number of fused-ring (bicyclic) bond motifs is 1. The van der Waals surface area contributed by atoms with Crippen LogP contribution in [-0.4, -0.2) is 55.7 Å². The molecular formula is C32H43N5O4S. The van der Waals surface area contributed by atoms with E-state index in [1.165, 1.54) is 5.56 Å². The summed E-state index contributed by atoms with van der Waals surface area (Å²) in [4.78, 5) is 18.3. The SMILES string of the molecule is CCOc1ccc(S(=O)(=O)NC(CCCc2ccccc2)C(C)C)cc1C1=NN2C(C3CCCC3)=NC(C)C2C(=O)N1. The molecule has 1 aliphatic carbocycles. The molecule has 0 bridgehead atoms. The molecule has 1 saturated carbocycles. The first-order chi connectivity index (χ1) is 20.2. The van der Waals surface area contributed by atoms with Crippen LogP contribution in [0.3, 0.4) is 0 Å². The van der Waals surface area contributed by atoms with Crippen LogP contribution in [-0.2, 0) is 21.2 Å². The Bertz CT molecular complexity index is 1430. The molecule has 2 heterocycles. The molecule has 3 atom stereocenters. The van der Waals surface area contributed by atoms with Gasteiger partial charge >= 0.3 is 0 Å². The number of aryl methyl sites for hydroxylation is 1. The summed E-state index contributed by atoms with van der Waals surface area (Å²) in [6, 6.07) is 14.0. The largest absolute Gasteiger partial charge is 0.493 e. The van der Waals surface area contributed by atoms with E-state index in [0.29, 0.717) is 17.9 Å². The summed E-state index contributed by atoms with van der Waals surface area (Å²) in [5.74, 6) is 1.80. The van der Waals surface area contributed by atoms with Crippen molar-refractivity contribution < 1.29 is 17.9 Å². The summed E-state index contributed by atoms with van der Waals surface area (Å²) in [6.07, 6.45) is 6.83. The highest BCUT2D eigenvalue weighted by atomic mass is 32.2. The molecule has 3 unspecified atom stereocenters. The Morgan fingerprint density at radius 3 is 2.55 bits per heavy atom. The Morgan fingerprint density at radius 1 is 1.12 bits per heavy atom. The highest BCUT2D eigenvalue weighted by Gasteiger charge is 2.45. The molecule has 0 aromatic heterocycles. The Hall–Kier alpha value is -3.24. The quantitative estimate of drug-likeness (QED) is 0.365. The molecule has 1 amide bonds. The highest BCUT2D eigenvalue weighted by Crippen LogP contribution is 2.34. The van der Waals surface area contributed by atoms with Crippen molar-refractivity contribution in [2.24, 2.45) is 21.9 Å². The molecule has 1 fully saturated rings. The fourth-order valence-electron chi connectivity index (χ4n) is 6.16. The van der Waals surface area contributed by atoms with E-state index in [4.69, 9.17) is 14.8 Å². The lowest BCUT2D eigenvalue weighted by Gasteiger charge is -2.31. The molecule has 9 nitrogen and oxygen atoms in total. The number of hydrazone groups is 1. The summed E-state index contributed by atoms with van der Waals surface area (Å²) in [6.45, 7) is 8.25. The first-order valence-corrected chi connectivity index (χ1v) is 16.8. The fourth-order valence-corrected chi connectivity index (χ4v) is 7.60. The molecule has 10 heteroatoms. The lowest BCUT2D eigenvalue weighted by Crippen LogP contribution is -2.55. The molecule has 2 aliphatic heterocycles. The number of hydrogen-bond acceptors (Lipinski definition) is 7. The van der Waals surface area contributed by atoms with Gasteiger partial charge in [0, 0.05) is 12.0 Å². The lowest BCUT2D eigenvalue weighted by atomic mass is 9.98. The molecule has 2 aromatic rings. The zero-order valence-electron chi connectivity index (χ0n) is 25.0. The van der Waals surface area contributed by atoms with Gasteiger partial charge in [-0.05, 0) is 75.6 Å². The van der Waals surface area contributed by atoms with E-state index in [0.717, 1.165) is 50.8 Å². The van der Waals surface area contributed by atoms with Crippen molar-refractivity contribution in [3.8, 4) is 5.75 Å². The molecule has 0 saturated heterocycles. The zero-order chi connectivity index (χ0) is 29.9. The predicted octanol–water partition coefficient (Wildman–Crippen LogP) is 4.86. The molecule has 2 N–H and O–H groups in total. The van der Waals surface area contributed by atoms with E-state index < -0.39 is 16.1 Å². The number of amides is 1. The van der Waals surface area contributed by atoms with Crippen molar-refractivity contribution in [3.63, 3.8) is 0 Å². The second-order valence-corrected chi connectivity index (χ2v) is 13.6. The standard InChI is InChI=1S/C32H43N5O4S/c1-5-41-28-19-18-25(42(39,40)36-27(21(2)3)17-11-14-23-12-7-6-8-13-23)20-26(28)30-34-32(38)29-22(4)33-31(37(29)35-30)24-15-9-10-16-24/h6-8,12-13,18-22,24,27,29,36H,5,9-11,14-17H2,1-4H3,(H,34,35,38). The second kappa shape index (κ2) is 13.0. The summed E-state index contributed by atoms with van der Waals surface area (Å²) < 4.78 is 36.2. The zero-order valence-corrected chi connectivity index (χ0v) is 25.9. The van der Waals surface area contributed by atoms with Gasteiger partial charge in [-0.2, -0.15) is 5.10 Å². The van der Waals surface area contributed by atoms with Gasteiger partial charge in [0.2, 0.25) is 10.0 Å². The van der Waals surface area contributed by atoms with Gasteiger partial charge in [-0.1, -0.05) is 57.0 Å². The smallest absolute Gasteiger partial charge is 0.252 e. The Balaban J connectivity index is 1.40. The van der Waals surface area contributed by atoms with E-state index in [1.807, 2.05) is 45.9 Å². The topological polar surface area (TPSA) is 112 Å². The van der Waals surface area contributed by atoms with Gasteiger partial charge < -0.3 is 10.1 Å². The number of aliphatic imine (C=N–C) groups is 1. The molecule has 5 rings (SSSR count). The number of hydrogen-bond donors (Lipinski definition) is 2. The molecule has 3 aliphatic rings.